The van der Waals surface area contributed by atoms with Crippen LogP contribution in [-0.2, 0) is 5.92 Å². The number of hydrogen-bond acceptors (Lipinski definition) is 1. The maximum atomic E-state index is 13.9. The van der Waals surface area contributed by atoms with Gasteiger partial charge >= 0.3 is 0 Å². The summed E-state index contributed by atoms with van der Waals surface area (Å²) < 4.78 is 40.5. The van der Waals surface area contributed by atoms with E-state index < -0.39 is 11.7 Å². The van der Waals surface area contributed by atoms with Crippen molar-refractivity contribution in [2.24, 2.45) is 5.92 Å². The van der Waals surface area contributed by atoms with Crippen LogP contribution in [0, 0.1) is 11.7 Å². The molecule has 0 amide bonds. The summed E-state index contributed by atoms with van der Waals surface area (Å²) in [7, 11) is 0. The zero-order valence-electron chi connectivity index (χ0n) is 10.3. The van der Waals surface area contributed by atoms with Crippen LogP contribution in [-0.4, -0.2) is 13.1 Å². The third-order valence-corrected chi connectivity index (χ3v) is 3.59. The molecule has 18 heavy (non-hydrogen) atoms. The van der Waals surface area contributed by atoms with Crippen molar-refractivity contribution in [2.75, 3.05) is 13.1 Å². The first kappa shape index (κ1) is 13.4. The first-order valence-electron chi connectivity index (χ1n) is 6.42. The van der Waals surface area contributed by atoms with Crippen LogP contribution >= 0.6 is 0 Å². The molecule has 0 atom stereocenters. The summed E-state index contributed by atoms with van der Waals surface area (Å²) in [4.78, 5) is 0. The lowest BCUT2D eigenvalue weighted by atomic mass is 9.90. The summed E-state index contributed by atoms with van der Waals surface area (Å²) in [5.74, 6) is -2.94. The van der Waals surface area contributed by atoms with Crippen LogP contribution in [0.15, 0.2) is 24.3 Å². The molecule has 4 heteroatoms. The molecular formula is C14H18F3N. The van der Waals surface area contributed by atoms with Crippen LogP contribution in [0.2, 0.25) is 0 Å². The number of piperidine rings is 1. The van der Waals surface area contributed by atoms with Gasteiger partial charge in [0, 0.05) is 12.0 Å². The Hall–Kier alpha value is -1.03. The Morgan fingerprint density at radius 3 is 2.33 bits per heavy atom. The van der Waals surface area contributed by atoms with E-state index in [0.29, 0.717) is 12.3 Å². The fraction of sp³-hybridized carbons (Fsp3) is 0.571. The van der Waals surface area contributed by atoms with E-state index in [2.05, 4.69) is 5.32 Å². The molecule has 0 bridgehead atoms. The molecule has 2 rings (SSSR count). The summed E-state index contributed by atoms with van der Waals surface area (Å²) >= 11 is 0. The monoisotopic (exact) mass is 257 g/mol. The second kappa shape index (κ2) is 5.74. The van der Waals surface area contributed by atoms with Gasteiger partial charge in [-0.3, -0.25) is 0 Å². The molecule has 1 saturated heterocycles. The van der Waals surface area contributed by atoms with Crippen molar-refractivity contribution >= 4 is 0 Å². The standard InChI is InChI=1S/C14H18F3N/c15-13-3-1-12(2-4-13)14(16,17)8-5-11-6-9-18-10-7-11/h1-4,11,18H,5-10H2. The molecule has 1 N–H and O–H groups in total. The Morgan fingerprint density at radius 2 is 1.72 bits per heavy atom. The maximum absolute atomic E-state index is 13.9. The van der Waals surface area contributed by atoms with E-state index in [4.69, 9.17) is 0 Å². The summed E-state index contributed by atoms with van der Waals surface area (Å²) in [6.45, 7) is 1.85. The van der Waals surface area contributed by atoms with Gasteiger partial charge in [-0.2, -0.15) is 0 Å². The molecule has 1 aromatic rings. The van der Waals surface area contributed by atoms with Crippen LogP contribution in [0.3, 0.4) is 0 Å². The Labute approximate surface area is 105 Å². The van der Waals surface area contributed by atoms with Gasteiger partial charge in [0.2, 0.25) is 0 Å². The van der Waals surface area contributed by atoms with Gasteiger partial charge in [-0.25, -0.2) is 13.2 Å². The minimum absolute atomic E-state index is 0.0853. The number of benzene rings is 1. The van der Waals surface area contributed by atoms with Gasteiger partial charge in [-0.1, -0.05) is 12.1 Å². The number of rotatable bonds is 4. The van der Waals surface area contributed by atoms with Crippen LogP contribution < -0.4 is 5.32 Å². The van der Waals surface area contributed by atoms with E-state index in [0.717, 1.165) is 38.1 Å². The average Bonchev–Trinajstić information content (AvgIpc) is 2.38. The molecule has 0 spiro atoms. The van der Waals surface area contributed by atoms with E-state index in [-0.39, 0.29) is 12.0 Å². The highest BCUT2D eigenvalue weighted by Gasteiger charge is 2.32. The van der Waals surface area contributed by atoms with Gasteiger partial charge in [0.05, 0.1) is 0 Å². The first-order valence-corrected chi connectivity index (χ1v) is 6.42. The molecule has 0 radical (unpaired) electrons. The Bertz CT molecular complexity index is 369. The Morgan fingerprint density at radius 1 is 1.11 bits per heavy atom. The van der Waals surface area contributed by atoms with Gasteiger partial charge in [0.1, 0.15) is 5.82 Å². The summed E-state index contributed by atoms with van der Waals surface area (Å²) in [6, 6.07) is 4.54. The summed E-state index contributed by atoms with van der Waals surface area (Å²) in [5, 5.41) is 3.22. The molecular weight excluding hydrogens is 239 g/mol. The SMILES string of the molecule is Fc1ccc(C(F)(F)CCC2CCNCC2)cc1. The van der Waals surface area contributed by atoms with Crippen molar-refractivity contribution in [3.05, 3.63) is 35.6 Å². The fourth-order valence-electron chi connectivity index (χ4n) is 2.39. The first-order chi connectivity index (χ1) is 8.58. The molecule has 1 nitrogen and oxygen atoms in total. The number of hydrogen-bond donors (Lipinski definition) is 1. The van der Waals surface area contributed by atoms with Crippen LogP contribution in [0.25, 0.3) is 0 Å². The molecule has 1 aliphatic heterocycles. The molecule has 100 valence electrons. The number of halogens is 3. The van der Waals surface area contributed by atoms with E-state index in [1.54, 1.807) is 0 Å². The quantitative estimate of drug-likeness (QED) is 0.867. The Balaban J connectivity index is 1.91. The highest BCUT2D eigenvalue weighted by atomic mass is 19.3. The van der Waals surface area contributed by atoms with Gasteiger partial charge < -0.3 is 5.32 Å². The van der Waals surface area contributed by atoms with Gasteiger partial charge in [-0.05, 0) is 50.4 Å². The van der Waals surface area contributed by atoms with Crippen molar-refractivity contribution < 1.29 is 13.2 Å². The van der Waals surface area contributed by atoms with Crippen molar-refractivity contribution in [3.8, 4) is 0 Å². The highest BCUT2D eigenvalue weighted by Crippen LogP contribution is 2.35. The van der Waals surface area contributed by atoms with Gasteiger partial charge in [0.15, 0.2) is 0 Å². The molecule has 1 fully saturated rings. The van der Waals surface area contributed by atoms with Gasteiger partial charge in [0.25, 0.3) is 5.92 Å². The lowest BCUT2D eigenvalue weighted by Crippen LogP contribution is -2.28. The van der Waals surface area contributed by atoms with E-state index >= 15 is 0 Å². The second-order valence-corrected chi connectivity index (χ2v) is 4.94. The van der Waals surface area contributed by atoms with Gasteiger partial charge in [-0.15, -0.1) is 0 Å². The minimum Gasteiger partial charge on any atom is -0.317 e. The van der Waals surface area contributed by atoms with E-state index in [1.165, 1.54) is 12.1 Å². The van der Waals surface area contributed by atoms with Crippen LogP contribution in [0.5, 0.6) is 0 Å². The zero-order valence-corrected chi connectivity index (χ0v) is 10.3. The number of alkyl halides is 2. The lowest BCUT2D eigenvalue weighted by molar-refractivity contribution is -0.0203. The lowest BCUT2D eigenvalue weighted by Gasteiger charge is -2.25. The van der Waals surface area contributed by atoms with Crippen molar-refractivity contribution in [1.29, 1.82) is 0 Å². The van der Waals surface area contributed by atoms with Crippen LogP contribution in [0.1, 0.15) is 31.2 Å². The largest absolute Gasteiger partial charge is 0.317 e. The summed E-state index contributed by atoms with van der Waals surface area (Å²) in [5.41, 5.74) is -0.0853. The van der Waals surface area contributed by atoms with E-state index in [1.807, 2.05) is 0 Å². The predicted octanol–water partition coefficient (Wildman–Crippen LogP) is 3.70. The average molecular weight is 257 g/mol. The van der Waals surface area contributed by atoms with Crippen LogP contribution in [0.4, 0.5) is 13.2 Å². The zero-order chi connectivity index (χ0) is 13.0. The topological polar surface area (TPSA) is 12.0 Å². The number of nitrogens with one attached hydrogen (secondary N) is 1. The van der Waals surface area contributed by atoms with Crippen molar-refractivity contribution in [3.63, 3.8) is 0 Å². The highest BCUT2D eigenvalue weighted by molar-refractivity contribution is 5.20. The third kappa shape index (κ3) is 3.48. The smallest absolute Gasteiger partial charge is 0.273 e. The molecule has 0 aromatic heterocycles. The molecule has 1 heterocycles. The maximum Gasteiger partial charge on any atom is 0.273 e. The summed E-state index contributed by atoms with van der Waals surface area (Å²) in [6.07, 6.45) is 2.33. The third-order valence-electron chi connectivity index (χ3n) is 3.59. The molecule has 0 saturated carbocycles. The Kier molecular flexibility index (Phi) is 4.27. The van der Waals surface area contributed by atoms with Crippen molar-refractivity contribution in [1.82, 2.24) is 5.32 Å². The predicted molar refractivity (Wildman–Crippen MR) is 65.1 cm³/mol. The molecule has 1 aromatic carbocycles. The fourth-order valence-corrected chi connectivity index (χ4v) is 2.39. The van der Waals surface area contributed by atoms with Crippen molar-refractivity contribution in [2.45, 2.75) is 31.6 Å². The second-order valence-electron chi connectivity index (χ2n) is 4.94. The molecule has 0 aliphatic carbocycles. The van der Waals surface area contributed by atoms with E-state index in [9.17, 15) is 13.2 Å². The molecule has 1 aliphatic rings. The molecule has 0 unspecified atom stereocenters. The normalized spacial score (nSPS) is 17.9. The minimum atomic E-state index is -2.85.